The standard InChI is InChI=1S/C7H11NO4/c9-6(10)4-1-2-5(3-4)8-7(11)12/h4-5,8H,1-3H2,(H,9,10)(H,11,12)/t4-,5+/m0/s1. The molecule has 12 heavy (non-hydrogen) atoms. The maximum Gasteiger partial charge on any atom is 0.404 e. The minimum Gasteiger partial charge on any atom is -0.481 e. The molecular formula is C7H11NO4. The van der Waals surface area contributed by atoms with E-state index in [0.29, 0.717) is 19.3 Å². The van der Waals surface area contributed by atoms with Crippen LogP contribution in [0.3, 0.4) is 0 Å². The third kappa shape index (κ3) is 2.11. The average molecular weight is 173 g/mol. The van der Waals surface area contributed by atoms with Crippen molar-refractivity contribution in [2.45, 2.75) is 25.3 Å². The van der Waals surface area contributed by atoms with Gasteiger partial charge in [0.2, 0.25) is 0 Å². The van der Waals surface area contributed by atoms with Crippen LogP contribution in [0.4, 0.5) is 4.79 Å². The molecule has 0 unspecified atom stereocenters. The Kier molecular flexibility index (Phi) is 2.52. The summed E-state index contributed by atoms with van der Waals surface area (Å²) < 4.78 is 0. The van der Waals surface area contributed by atoms with E-state index in [-0.39, 0.29) is 12.0 Å². The molecule has 68 valence electrons. The molecule has 0 aromatic carbocycles. The van der Waals surface area contributed by atoms with Crippen molar-refractivity contribution >= 4 is 12.1 Å². The predicted octanol–water partition coefficient (Wildman–Crippen LogP) is 0.507. The minimum absolute atomic E-state index is 0.177. The molecule has 1 amide bonds. The number of carboxylic acids is 1. The van der Waals surface area contributed by atoms with E-state index in [1.54, 1.807) is 0 Å². The average Bonchev–Trinajstić information content (AvgIpc) is 2.34. The number of hydrogen-bond acceptors (Lipinski definition) is 2. The minimum atomic E-state index is -1.08. The van der Waals surface area contributed by atoms with E-state index in [0.717, 1.165) is 0 Å². The molecular weight excluding hydrogens is 162 g/mol. The number of hydrogen-bond donors (Lipinski definition) is 3. The molecule has 1 rings (SSSR count). The first-order valence-corrected chi connectivity index (χ1v) is 3.82. The maximum absolute atomic E-state index is 10.5. The Hall–Kier alpha value is -1.26. The van der Waals surface area contributed by atoms with Gasteiger partial charge < -0.3 is 15.5 Å². The molecule has 0 aliphatic heterocycles. The molecule has 1 aliphatic carbocycles. The molecule has 0 spiro atoms. The lowest BCUT2D eigenvalue weighted by Crippen LogP contribution is -2.31. The van der Waals surface area contributed by atoms with Gasteiger partial charge in [0.25, 0.3) is 0 Å². The summed E-state index contributed by atoms with van der Waals surface area (Å²) in [5.41, 5.74) is 0. The molecule has 1 fully saturated rings. The second-order valence-corrected chi connectivity index (χ2v) is 2.99. The molecule has 0 bridgehead atoms. The van der Waals surface area contributed by atoms with Crippen LogP contribution in [-0.2, 0) is 4.79 Å². The first kappa shape index (κ1) is 8.83. The number of carbonyl (C=O) groups is 2. The van der Waals surface area contributed by atoms with Crippen LogP contribution in [0.15, 0.2) is 0 Å². The Labute approximate surface area is 69.4 Å². The Morgan fingerprint density at radius 3 is 2.33 bits per heavy atom. The number of aliphatic carboxylic acids is 1. The largest absolute Gasteiger partial charge is 0.481 e. The van der Waals surface area contributed by atoms with E-state index in [2.05, 4.69) is 5.32 Å². The number of rotatable bonds is 2. The topological polar surface area (TPSA) is 86.6 Å². The van der Waals surface area contributed by atoms with Crippen molar-refractivity contribution in [3.05, 3.63) is 0 Å². The smallest absolute Gasteiger partial charge is 0.404 e. The van der Waals surface area contributed by atoms with Gasteiger partial charge >= 0.3 is 12.1 Å². The molecule has 0 radical (unpaired) electrons. The third-order valence-electron chi connectivity index (χ3n) is 2.11. The normalized spacial score (nSPS) is 28.3. The Morgan fingerprint density at radius 1 is 1.25 bits per heavy atom. The SMILES string of the molecule is O=C(O)N[C@@H]1CC[C@H](C(=O)O)C1. The summed E-state index contributed by atoms with van der Waals surface area (Å²) in [5, 5.41) is 19.2. The Bertz CT molecular complexity index is 204. The van der Waals surface area contributed by atoms with E-state index in [9.17, 15) is 9.59 Å². The van der Waals surface area contributed by atoms with Gasteiger partial charge in [-0.3, -0.25) is 4.79 Å². The van der Waals surface area contributed by atoms with Gasteiger partial charge in [-0.1, -0.05) is 0 Å². The summed E-state index contributed by atoms with van der Waals surface area (Å²) in [4.78, 5) is 20.6. The number of amides is 1. The van der Waals surface area contributed by atoms with E-state index in [4.69, 9.17) is 10.2 Å². The van der Waals surface area contributed by atoms with Crippen LogP contribution in [0.2, 0.25) is 0 Å². The van der Waals surface area contributed by atoms with Gasteiger partial charge in [-0.25, -0.2) is 4.79 Å². The van der Waals surface area contributed by atoms with E-state index < -0.39 is 12.1 Å². The van der Waals surface area contributed by atoms with Crippen molar-refractivity contribution in [2.24, 2.45) is 5.92 Å². The van der Waals surface area contributed by atoms with Crippen LogP contribution in [-0.4, -0.2) is 28.3 Å². The van der Waals surface area contributed by atoms with E-state index >= 15 is 0 Å². The maximum atomic E-state index is 10.5. The lowest BCUT2D eigenvalue weighted by atomic mass is 10.1. The molecule has 5 heteroatoms. The summed E-state index contributed by atoms with van der Waals surface area (Å²) in [6, 6.07) is -0.177. The quantitative estimate of drug-likeness (QED) is 0.567. The second kappa shape index (κ2) is 3.42. The molecule has 0 aromatic heterocycles. The molecule has 5 nitrogen and oxygen atoms in total. The fraction of sp³-hybridized carbons (Fsp3) is 0.714. The number of carboxylic acid groups (broad SMARTS) is 2. The van der Waals surface area contributed by atoms with Crippen molar-refractivity contribution in [3.63, 3.8) is 0 Å². The lowest BCUT2D eigenvalue weighted by Gasteiger charge is -2.07. The second-order valence-electron chi connectivity index (χ2n) is 2.99. The van der Waals surface area contributed by atoms with Gasteiger partial charge in [0.05, 0.1) is 5.92 Å². The predicted molar refractivity (Wildman–Crippen MR) is 39.9 cm³/mol. The van der Waals surface area contributed by atoms with Crippen LogP contribution in [0.25, 0.3) is 0 Å². The molecule has 1 aliphatic rings. The van der Waals surface area contributed by atoms with Crippen LogP contribution in [0.1, 0.15) is 19.3 Å². The molecule has 1 saturated carbocycles. The van der Waals surface area contributed by atoms with Crippen molar-refractivity contribution in [1.29, 1.82) is 0 Å². The molecule has 3 N–H and O–H groups in total. The number of nitrogens with one attached hydrogen (secondary N) is 1. The zero-order chi connectivity index (χ0) is 9.14. The highest BCUT2D eigenvalue weighted by Crippen LogP contribution is 2.25. The third-order valence-corrected chi connectivity index (χ3v) is 2.11. The summed E-state index contributed by atoms with van der Waals surface area (Å²) in [5.74, 6) is -1.20. The molecule has 0 heterocycles. The van der Waals surface area contributed by atoms with Crippen molar-refractivity contribution in [3.8, 4) is 0 Å². The Morgan fingerprint density at radius 2 is 1.92 bits per heavy atom. The fourth-order valence-electron chi connectivity index (χ4n) is 1.51. The first-order valence-electron chi connectivity index (χ1n) is 3.82. The zero-order valence-corrected chi connectivity index (χ0v) is 6.49. The van der Waals surface area contributed by atoms with Gasteiger partial charge in [0.1, 0.15) is 0 Å². The van der Waals surface area contributed by atoms with Gasteiger partial charge in [0, 0.05) is 6.04 Å². The fourth-order valence-corrected chi connectivity index (χ4v) is 1.51. The zero-order valence-electron chi connectivity index (χ0n) is 6.49. The van der Waals surface area contributed by atoms with Gasteiger partial charge in [-0.2, -0.15) is 0 Å². The summed E-state index contributed by atoms with van der Waals surface area (Å²) in [6.45, 7) is 0. The monoisotopic (exact) mass is 173 g/mol. The van der Waals surface area contributed by atoms with Crippen LogP contribution in [0.5, 0.6) is 0 Å². The van der Waals surface area contributed by atoms with E-state index in [1.165, 1.54) is 0 Å². The summed E-state index contributed by atoms with van der Waals surface area (Å²) >= 11 is 0. The van der Waals surface area contributed by atoms with Crippen LogP contribution < -0.4 is 5.32 Å². The van der Waals surface area contributed by atoms with Gasteiger partial charge in [0.15, 0.2) is 0 Å². The van der Waals surface area contributed by atoms with Crippen molar-refractivity contribution < 1.29 is 19.8 Å². The molecule has 0 aromatic rings. The van der Waals surface area contributed by atoms with Crippen molar-refractivity contribution in [2.75, 3.05) is 0 Å². The molecule has 0 saturated heterocycles. The highest BCUT2D eigenvalue weighted by Gasteiger charge is 2.30. The summed E-state index contributed by atoms with van der Waals surface area (Å²) in [6.07, 6.45) is 0.539. The van der Waals surface area contributed by atoms with Crippen LogP contribution in [0, 0.1) is 5.92 Å². The highest BCUT2D eigenvalue weighted by atomic mass is 16.4. The highest BCUT2D eigenvalue weighted by molar-refractivity contribution is 5.71. The first-order chi connectivity index (χ1) is 5.59. The van der Waals surface area contributed by atoms with Gasteiger partial charge in [-0.15, -0.1) is 0 Å². The van der Waals surface area contributed by atoms with Crippen LogP contribution >= 0.6 is 0 Å². The molecule has 2 atom stereocenters. The van der Waals surface area contributed by atoms with Gasteiger partial charge in [-0.05, 0) is 19.3 Å². The van der Waals surface area contributed by atoms with Crippen molar-refractivity contribution in [1.82, 2.24) is 5.32 Å². The summed E-state index contributed by atoms with van der Waals surface area (Å²) in [7, 11) is 0. The van der Waals surface area contributed by atoms with E-state index in [1.807, 2.05) is 0 Å². The lowest BCUT2D eigenvalue weighted by molar-refractivity contribution is -0.141. The Balaban J connectivity index is 2.35.